The second-order valence-electron chi connectivity index (χ2n) is 6.32. The Morgan fingerprint density at radius 2 is 1.82 bits per heavy atom. The van der Waals surface area contributed by atoms with Crippen molar-refractivity contribution in [1.82, 2.24) is 15.6 Å². The first-order valence-electron chi connectivity index (χ1n) is 9.86. The van der Waals surface area contributed by atoms with Gasteiger partial charge in [0.15, 0.2) is 5.96 Å². The standard InChI is InChI=1S/C21H32N4O2S/c1-4-5-12-26-14-15-27-13-11-23-21(22-3)24-16-19-17(2)25-20(28-19)18-9-7-6-8-10-18/h6-10H,4-5,11-16H2,1-3H3,(H2,22,23,24). The lowest BCUT2D eigenvalue weighted by molar-refractivity contribution is 0.0487. The molecule has 0 aliphatic heterocycles. The van der Waals surface area contributed by atoms with Gasteiger partial charge in [-0.05, 0) is 13.3 Å². The summed E-state index contributed by atoms with van der Waals surface area (Å²) in [5.41, 5.74) is 2.21. The molecule has 2 N–H and O–H groups in total. The van der Waals surface area contributed by atoms with Crippen molar-refractivity contribution in [2.45, 2.75) is 33.2 Å². The smallest absolute Gasteiger partial charge is 0.191 e. The van der Waals surface area contributed by atoms with E-state index in [0.717, 1.165) is 41.7 Å². The molecule has 0 aliphatic rings. The van der Waals surface area contributed by atoms with Gasteiger partial charge in [-0.25, -0.2) is 4.98 Å². The van der Waals surface area contributed by atoms with E-state index in [9.17, 15) is 0 Å². The number of nitrogens with one attached hydrogen (secondary N) is 2. The molecule has 0 bridgehead atoms. The minimum atomic E-state index is 0.621. The molecule has 0 unspecified atom stereocenters. The van der Waals surface area contributed by atoms with Gasteiger partial charge >= 0.3 is 0 Å². The van der Waals surface area contributed by atoms with Gasteiger partial charge in [0.2, 0.25) is 0 Å². The van der Waals surface area contributed by atoms with Crippen LogP contribution in [0.1, 0.15) is 30.3 Å². The first-order chi connectivity index (χ1) is 13.7. The predicted molar refractivity (Wildman–Crippen MR) is 117 cm³/mol. The zero-order chi connectivity index (χ0) is 20.0. The average Bonchev–Trinajstić information content (AvgIpc) is 3.10. The van der Waals surface area contributed by atoms with Crippen LogP contribution in [0, 0.1) is 6.92 Å². The molecule has 6 nitrogen and oxygen atoms in total. The van der Waals surface area contributed by atoms with Crippen LogP contribution in [0.2, 0.25) is 0 Å². The van der Waals surface area contributed by atoms with Gasteiger partial charge in [-0.3, -0.25) is 4.99 Å². The van der Waals surface area contributed by atoms with Gasteiger partial charge in [-0.15, -0.1) is 11.3 Å². The number of rotatable bonds is 12. The van der Waals surface area contributed by atoms with Crippen LogP contribution < -0.4 is 10.6 Å². The molecular weight excluding hydrogens is 372 g/mol. The lowest BCUT2D eigenvalue weighted by atomic mass is 10.2. The van der Waals surface area contributed by atoms with Crippen LogP contribution in [-0.2, 0) is 16.0 Å². The number of unbranched alkanes of at least 4 members (excludes halogenated alkanes) is 1. The summed E-state index contributed by atoms with van der Waals surface area (Å²) in [6.07, 6.45) is 2.27. The Morgan fingerprint density at radius 3 is 2.54 bits per heavy atom. The average molecular weight is 405 g/mol. The number of aryl methyl sites for hydroxylation is 1. The summed E-state index contributed by atoms with van der Waals surface area (Å²) >= 11 is 1.71. The fourth-order valence-electron chi connectivity index (χ4n) is 2.49. The van der Waals surface area contributed by atoms with Crippen LogP contribution in [0.15, 0.2) is 35.3 Å². The number of hydrogen-bond donors (Lipinski definition) is 2. The SMILES string of the molecule is CCCCOCCOCCNC(=NC)NCc1sc(-c2ccccc2)nc1C. The van der Waals surface area contributed by atoms with Gasteiger partial charge in [0.05, 0.1) is 32.1 Å². The van der Waals surface area contributed by atoms with Crippen molar-refractivity contribution >= 4 is 17.3 Å². The first-order valence-corrected chi connectivity index (χ1v) is 10.7. The quantitative estimate of drug-likeness (QED) is 0.321. The van der Waals surface area contributed by atoms with Crippen LogP contribution in [0.5, 0.6) is 0 Å². The van der Waals surface area contributed by atoms with Crippen molar-refractivity contribution in [2.75, 3.05) is 40.0 Å². The summed E-state index contributed by atoms with van der Waals surface area (Å²) in [6, 6.07) is 10.3. The largest absolute Gasteiger partial charge is 0.379 e. The molecule has 0 atom stereocenters. The molecule has 1 heterocycles. The summed E-state index contributed by atoms with van der Waals surface area (Å²) in [7, 11) is 1.77. The number of benzene rings is 1. The maximum atomic E-state index is 5.56. The van der Waals surface area contributed by atoms with E-state index in [1.807, 2.05) is 25.1 Å². The highest BCUT2D eigenvalue weighted by Crippen LogP contribution is 2.27. The van der Waals surface area contributed by atoms with Gasteiger partial charge in [0.1, 0.15) is 5.01 Å². The first kappa shape index (κ1) is 22.3. The molecule has 0 radical (unpaired) electrons. The van der Waals surface area contributed by atoms with E-state index < -0.39 is 0 Å². The number of aromatic nitrogens is 1. The van der Waals surface area contributed by atoms with Gasteiger partial charge < -0.3 is 20.1 Å². The Balaban J connectivity index is 1.66. The molecule has 0 saturated carbocycles. The Labute approximate surface area is 172 Å². The minimum Gasteiger partial charge on any atom is -0.379 e. The molecule has 0 fully saturated rings. The van der Waals surface area contributed by atoms with E-state index in [1.165, 1.54) is 4.88 Å². The Kier molecular flexibility index (Phi) is 10.6. The Morgan fingerprint density at radius 1 is 1.07 bits per heavy atom. The highest BCUT2D eigenvalue weighted by molar-refractivity contribution is 7.15. The molecule has 7 heteroatoms. The maximum absolute atomic E-state index is 5.56. The van der Waals surface area contributed by atoms with Crippen LogP contribution in [0.25, 0.3) is 10.6 Å². The molecule has 0 spiro atoms. The van der Waals surface area contributed by atoms with Crippen LogP contribution in [0.4, 0.5) is 0 Å². The van der Waals surface area contributed by atoms with Crippen LogP contribution in [-0.4, -0.2) is 51.0 Å². The molecule has 154 valence electrons. The van der Waals surface area contributed by atoms with Gasteiger partial charge in [0.25, 0.3) is 0 Å². The third-order valence-electron chi connectivity index (χ3n) is 4.11. The van der Waals surface area contributed by atoms with Gasteiger partial charge in [0, 0.05) is 30.6 Å². The lowest BCUT2D eigenvalue weighted by Crippen LogP contribution is -2.38. The zero-order valence-electron chi connectivity index (χ0n) is 17.2. The third-order valence-corrected chi connectivity index (χ3v) is 5.31. The van der Waals surface area contributed by atoms with Crippen molar-refractivity contribution in [3.8, 4) is 10.6 Å². The van der Waals surface area contributed by atoms with E-state index in [-0.39, 0.29) is 0 Å². The van der Waals surface area contributed by atoms with Crippen molar-refractivity contribution in [3.05, 3.63) is 40.9 Å². The molecule has 0 saturated heterocycles. The highest BCUT2D eigenvalue weighted by atomic mass is 32.1. The fourth-order valence-corrected chi connectivity index (χ4v) is 3.50. The minimum absolute atomic E-state index is 0.621. The number of ether oxygens (including phenoxy) is 2. The number of nitrogens with zero attached hydrogens (tertiary/aromatic N) is 2. The van der Waals surface area contributed by atoms with Crippen LogP contribution >= 0.6 is 11.3 Å². The van der Waals surface area contributed by atoms with E-state index in [0.29, 0.717) is 32.9 Å². The summed E-state index contributed by atoms with van der Waals surface area (Å²) in [6.45, 7) is 8.32. The topological polar surface area (TPSA) is 67.8 Å². The monoisotopic (exact) mass is 404 g/mol. The molecule has 2 aromatic rings. The second kappa shape index (κ2) is 13.3. The summed E-state index contributed by atoms with van der Waals surface area (Å²) in [5.74, 6) is 0.761. The van der Waals surface area contributed by atoms with Crippen molar-refractivity contribution in [3.63, 3.8) is 0 Å². The molecule has 2 rings (SSSR count). The zero-order valence-corrected chi connectivity index (χ0v) is 18.0. The molecular formula is C21H32N4O2S. The lowest BCUT2D eigenvalue weighted by Gasteiger charge is -2.11. The maximum Gasteiger partial charge on any atom is 0.191 e. The fraction of sp³-hybridized carbons (Fsp3) is 0.524. The highest BCUT2D eigenvalue weighted by Gasteiger charge is 2.09. The predicted octanol–water partition coefficient (Wildman–Crippen LogP) is 3.62. The number of aliphatic imine (C=N–C) groups is 1. The normalized spacial score (nSPS) is 11.6. The molecule has 0 amide bonds. The number of hydrogen-bond acceptors (Lipinski definition) is 5. The number of guanidine groups is 1. The van der Waals surface area contributed by atoms with E-state index >= 15 is 0 Å². The molecule has 1 aromatic heterocycles. The van der Waals surface area contributed by atoms with Crippen molar-refractivity contribution in [2.24, 2.45) is 4.99 Å². The summed E-state index contributed by atoms with van der Waals surface area (Å²) in [5, 5.41) is 7.66. The molecule has 28 heavy (non-hydrogen) atoms. The second-order valence-corrected chi connectivity index (χ2v) is 7.41. The Hall–Kier alpha value is -1.96. The van der Waals surface area contributed by atoms with Crippen molar-refractivity contribution < 1.29 is 9.47 Å². The van der Waals surface area contributed by atoms with Gasteiger partial charge in [-0.1, -0.05) is 43.7 Å². The molecule has 0 aliphatic carbocycles. The van der Waals surface area contributed by atoms with Crippen molar-refractivity contribution in [1.29, 1.82) is 0 Å². The third kappa shape index (κ3) is 7.96. The van der Waals surface area contributed by atoms with E-state index in [1.54, 1.807) is 18.4 Å². The van der Waals surface area contributed by atoms with Crippen LogP contribution in [0.3, 0.4) is 0 Å². The number of thiazole rings is 1. The van der Waals surface area contributed by atoms with E-state index in [2.05, 4.69) is 34.7 Å². The Bertz CT molecular complexity index is 704. The molecule has 1 aromatic carbocycles. The summed E-state index contributed by atoms with van der Waals surface area (Å²) in [4.78, 5) is 10.2. The van der Waals surface area contributed by atoms with Gasteiger partial charge in [-0.2, -0.15) is 0 Å². The summed E-state index contributed by atoms with van der Waals surface area (Å²) < 4.78 is 11.0. The van der Waals surface area contributed by atoms with E-state index in [4.69, 9.17) is 14.5 Å².